The normalized spacial score (nSPS) is 20.4. The van der Waals surface area contributed by atoms with Crippen LogP contribution in [-0.2, 0) is 16.1 Å². The van der Waals surface area contributed by atoms with Crippen LogP contribution in [-0.4, -0.2) is 38.4 Å². The molecule has 2 aromatic rings. The number of nitrogens with zero attached hydrogens (tertiary/aromatic N) is 4. The summed E-state index contributed by atoms with van der Waals surface area (Å²) in [5, 5.41) is 12.5. The Morgan fingerprint density at radius 2 is 2.21 bits per heavy atom. The summed E-state index contributed by atoms with van der Waals surface area (Å²) in [7, 11) is 0. The molecule has 1 saturated carbocycles. The minimum absolute atomic E-state index is 0.0169. The number of anilines is 1. The number of hydrogen-bond acceptors (Lipinski definition) is 6. The second-order valence-corrected chi connectivity index (χ2v) is 7.21. The summed E-state index contributed by atoms with van der Waals surface area (Å²) < 4.78 is 0. The van der Waals surface area contributed by atoms with Crippen LogP contribution in [0, 0.1) is 5.92 Å². The quantitative estimate of drug-likeness (QED) is 0.894. The number of carbonyl (C=O) groups is 2. The van der Waals surface area contributed by atoms with Crippen molar-refractivity contribution in [3.63, 3.8) is 0 Å². The first-order chi connectivity index (χ1) is 11.7. The van der Waals surface area contributed by atoms with Crippen molar-refractivity contribution in [2.45, 2.75) is 31.7 Å². The fourth-order valence-electron chi connectivity index (χ4n) is 2.78. The Labute approximate surface area is 143 Å². The van der Waals surface area contributed by atoms with Gasteiger partial charge in [0.15, 0.2) is 0 Å². The van der Waals surface area contributed by atoms with Crippen molar-refractivity contribution >= 4 is 28.3 Å². The number of aromatic nitrogens is 3. The highest BCUT2D eigenvalue weighted by molar-refractivity contribution is 7.15. The smallest absolute Gasteiger partial charge is 0.231 e. The van der Waals surface area contributed by atoms with Gasteiger partial charge in [-0.1, -0.05) is 17.4 Å². The van der Waals surface area contributed by atoms with Crippen molar-refractivity contribution in [2.24, 2.45) is 5.92 Å². The molecule has 1 N–H and O–H groups in total. The lowest BCUT2D eigenvalue weighted by Crippen LogP contribution is -2.28. The Morgan fingerprint density at radius 3 is 2.96 bits per heavy atom. The minimum Gasteiger partial charge on any atom is -0.336 e. The number of carbonyl (C=O) groups excluding carboxylic acids is 2. The molecule has 1 aliphatic carbocycles. The highest BCUT2D eigenvalue weighted by atomic mass is 32.1. The monoisotopic (exact) mass is 343 g/mol. The number of likely N-dealkylation sites (tertiary alicyclic amines) is 1. The van der Waals surface area contributed by atoms with E-state index in [4.69, 9.17) is 0 Å². The Morgan fingerprint density at radius 1 is 1.33 bits per heavy atom. The molecule has 1 saturated heterocycles. The van der Waals surface area contributed by atoms with E-state index >= 15 is 0 Å². The van der Waals surface area contributed by atoms with Crippen LogP contribution >= 0.6 is 11.3 Å². The molecule has 0 bridgehead atoms. The summed E-state index contributed by atoms with van der Waals surface area (Å²) in [6.07, 6.45) is 4.24. The predicted octanol–water partition coefficient (Wildman–Crippen LogP) is 1.80. The van der Waals surface area contributed by atoms with E-state index in [1.54, 1.807) is 11.1 Å². The molecule has 2 aliphatic rings. The zero-order valence-corrected chi connectivity index (χ0v) is 13.8. The Balaban J connectivity index is 1.35. The number of hydrogen-bond donors (Lipinski definition) is 1. The van der Waals surface area contributed by atoms with E-state index < -0.39 is 0 Å². The van der Waals surface area contributed by atoms with Gasteiger partial charge in [-0.2, -0.15) is 0 Å². The van der Waals surface area contributed by atoms with Gasteiger partial charge in [0.2, 0.25) is 16.9 Å². The summed E-state index contributed by atoms with van der Waals surface area (Å²) in [4.78, 5) is 30.4. The SMILES string of the molecule is O=C(Nc1nnc(C2CC2)s1)[C@H]1CC(=O)N(Cc2ccccn2)C1. The maximum absolute atomic E-state index is 12.4. The van der Waals surface area contributed by atoms with Gasteiger partial charge in [0.05, 0.1) is 18.2 Å². The van der Waals surface area contributed by atoms with E-state index in [1.807, 2.05) is 18.2 Å². The van der Waals surface area contributed by atoms with Crippen LogP contribution in [0.3, 0.4) is 0 Å². The lowest BCUT2D eigenvalue weighted by Gasteiger charge is -2.15. The molecule has 8 heteroatoms. The van der Waals surface area contributed by atoms with Crippen LogP contribution in [0.4, 0.5) is 5.13 Å². The lowest BCUT2D eigenvalue weighted by molar-refractivity contribution is -0.128. The van der Waals surface area contributed by atoms with E-state index in [-0.39, 0.29) is 24.2 Å². The van der Waals surface area contributed by atoms with Crippen LogP contribution in [0.1, 0.15) is 35.9 Å². The lowest BCUT2D eigenvalue weighted by atomic mass is 10.1. The molecule has 2 amide bonds. The van der Waals surface area contributed by atoms with E-state index in [0.29, 0.717) is 24.1 Å². The van der Waals surface area contributed by atoms with Gasteiger partial charge in [0.1, 0.15) is 5.01 Å². The zero-order chi connectivity index (χ0) is 16.5. The molecule has 4 rings (SSSR count). The van der Waals surface area contributed by atoms with Gasteiger partial charge in [0.25, 0.3) is 0 Å². The molecule has 24 heavy (non-hydrogen) atoms. The number of rotatable bonds is 5. The van der Waals surface area contributed by atoms with Crippen LogP contribution in [0.25, 0.3) is 0 Å². The molecule has 2 fully saturated rings. The zero-order valence-electron chi connectivity index (χ0n) is 13.0. The third-order valence-electron chi connectivity index (χ3n) is 4.26. The standard InChI is InChI=1S/C16H17N5O2S/c22-13-7-11(8-21(13)9-12-3-1-2-6-17-12)14(23)18-16-20-19-15(24-16)10-4-5-10/h1-3,6,10-11H,4-5,7-9H2,(H,18,20,23)/t11-/m0/s1. The molecule has 1 atom stereocenters. The average Bonchev–Trinajstić information content (AvgIpc) is 3.23. The number of amides is 2. The number of nitrogens with one attached hydrogen (secondary N) is 1. The van der Waals surface area contributed by atoms with Gasteiger partial charge in [-0.15, -0.1) is 10.2 Å². The summed E-state index contributed by atoms with van der Waals surface area (Å²) >= 11 is 1.43. The average molecular weight is 343 g/mol. The fraction of sp³-hybridized carbons (Fsp3) is 0.438. The first-order valence-electron chi connectivity index (χ1n) is 8.01. The fourth-order valence-corrected chi connectivity index (χ4v) is 3.69. The van der Waals surface area contributed by atoms with E-state index in [0.717, 1.165) is 23.5 Å². The van der Waals surface area contributed by atoms with Gasteiger partial charge >= 0.3 is 0 Å². The molecule has 0 spiro atoms. The second kappa shape index (κ2) is 6.27. The Hall–Kier alpha value is -2.35. The molecule has 0 unspecified atom stereocenters. The van der Waals surface area contributed by atoms with E-state index in [1.165, 1.54) is 11.3 Å². The van der Waals surface area contributed by atoms with Crippen LogP contribution < -0.4 is 5.32 Å². The van der Waals surface area contributed by atoms with Crippen LogP contribution in [0.5, 0.6) is 0 Å². The molecule has 0 aromatic carbocycles. The van der Waals surface area contributed by atoms with Crippen molar-refractivity contribution in [3.8, 4) is 0 Å². The van der Waals surface area contributed by atoms with E-state index in [9.17, 15) is 9.59 Å². The van der Waals surface area contributed by atoms with Gasteiger partial charge in [-0.3, -0.25) is 14.6 Å². The molecule has 3 heterocycles. The van der Waals surface area contributed by atoms with Crippen molar-refractivity contribution in [1.82, 2.24) is 20.1 Å². The van der Waals surface area contributed by atoms with Crippen molar-refractivity contribution in [3.05, 3.63) is 35.1 Å². The molecule has 1 aliphatic heterocycles. The summed E-state index contributed by atoms with van der Waals surface area (Å²) in [5.74, 6) is -0.00772. The molecular formula is C16H17N5O2S. The molecule has 7 nitrogen and oxygen atoms in total. The van der Waals surface area contributed by atoms with Crippen LogP contribution in [0.15, 0.2) is 24.4 Å². The molecular weight excluding hydrogens is 326 g/mol. The molecule has 0 radical (unpaired) electrons. The largest absolute Gasteiger partial charge is 0.336 e. The summed E-state index contributed by atoms with van der Waals surface area (Å²) in [6.45, 7) is 0.851. The topological polar surface area (TPSA) is 88.1 Å². The highest BCUT2D eigenvalue weighted by Gasteiger charge is 2.35. The van der Waals surface area contributed by atoms with Gasteiger partial charge in [-0.25, -0.2) is 0 Å². The first kappa shape index (κ1) is 15.2. The van der Waals surface area contributed by atoms with Gasteiger partial charge in [-0.05, 0) is 25.0 Å². The number of pyridine rings is 1. The van der Waals surface area contributed by atoms with E-state index in [2.05, 4.69) is 20.5 Å². The van der Waals surface area contributed by atoms with Crippen molar-refractivity contribution in [2.75, 3.05) is 11.9 Å². The molecule has 2 aromatic heterocycles. The van der Waals surface area contributed by atoms with Gasteiger partial charge < -0.3 is 10.2 Å². The Bertz CT molecular complexity index is 759. The summed E-state index contributed by atoms with van der Waals surface area (Å²) in [6, 6.07) is 5.60. The van der Waals surface area contributed by atoms with Crippen molar-refractivity contribution < 1.29 is 9.59 Å². The first-order valence-corrected chi connectivity index (χ1v) is 8.82. The predicted molar refractivity (Wildman–Crippen MR) is 88.3 cm³/mol. The van der Waals surface area contributed by atoms with Crippen LogP contribution in [0.2, 0.25) is 0 Å². The summed E-state index contributed by atoms with van der Waals surface area (Å²) in [5.41, 5.74) is 0.824. The van der Waals surface area contributed by atoms with Gasteiger partial charge in [0, 0.05) is 25.1 Å². The minimum atomic E-state index is -0.352. The third kappa shape index (κ3) is 3.28. The Kier molecular flexibility index (Phi) is 3.97. The second-order valence-electron chi connectivity index (χ2n) is 6.21. The van der Waals surface area contributed by atoms with Crippen molar-refractivity contribution in [1.29, 1.82) is 0 Å². The highest BCUT2D eigenvalue weighted by Crippen LogP contribution is 2.42. The maximum Gasteiger partial charge on any atom is 0.231 e. The third-order valence-corrected chi connectivity index (χ3v) is 5.26. The maximum atomic E-state index is 12.4. The molecule has 124 valence electrons.